The van der Waals surface area contributed by atoms with Gasteiger partial charge >= 0.3 is 5.69 Å². The molecule has 2 aromatic rings. The molecule has 1 atom stereocenters. The Hall–Kier alpha value is -2.23. The Morgan fingerprint density at radius 1 is 1.12 bits per heavy atom. The number of piperidine rings is 1. The number of hydrogen-bond acceptors (Lipinski definition) is 5. The molecule has 0 unspecified atom stereocenters. The van der Waals surface area contributed by atoms with Gasteiger partial charge in [-0.1, -0.05) is 25.7 Å². The van der Waals surface area contributed by atoms with Gasteiger partial charge in [-0.25, -0.2) is 4.79 Å². The summed E-state index contributed by atoms with van der Waals surface area (Å²) in [7, 11) is 0.449. The van der Waals surface area contributed by atoms with Crippen LogP contribution in [-0.2, 0) is 21.4 Å². The predicted molar refractivity (Wildman–Crippen MR) is 129 cm³/mol. The third-order valence-corrected chi connectivity index (χ3v) is 8.80. The van der Waals surface area contributed by atoms with Crippen LogP contribution in [0.25, 0.3) is 11.0 Å². The van der Waals surface area contributed by atoms with Crippen molar-refractivity contribution in [2.24, 2.45) is 13.0 Å². The molecule has 4 rings (SSSR count). The van der Waals surface area contributed by atoms with Crippen molar-refractivity contribution < 1.29 is 19.4 Å². The maximum atomic E-state index is 13.3. The lowest BCUT2D eigenvalue weighted by Crippen LogP contribution is -2.48. The van der Waals surface area contributed by atoms with Crippen molar-refractivity contribution in [3.05, 3.63) is 34.2 Å². The molecule has 180 valence electrons. The van der Waals surface area contributed by atoms with Gasteiger partial charge in [0.05, 0.1) is 11.0 Å². The first kappa shape index (κ1) is 23.9. The lowest BCUT2D eigenvalue weighted by Gasteiger charge is -2.34. The summed E-state index contributed by atoms with van der Waals surface area (Å²) in [5.74, 6) is 0.129. The summed E-state index contributed by atoms with van der Waals surface area (Å²) in [6.07, 6.45) is 2.42. The van der Waals surface area contributed by atoms with Gasteiger partial charge in [0.25, 0.3) is 5.91 Å². The number of amides is 2. The van der Waals surface area contributed by atoms with Crippen LogP contribution in [0.1, 0.15) is 43.2 Å². The molecule has 1 saturated carbocycles. The first-order valence-corrected chi connectivity index (χ1v) is 15.5. The number of aliphatic hydroxyl groups excluding tert-OH is 1. The van der Waals surface area contributed by atoms with E-state index in [1.165, 1.54) is 4.90 Å². The summed E-state index contributed by atoms with van der Waals surface area (Å²) in [6.45, 7) is 7.42. The number of imide groups is 1. The van der Waals surface area contributed by atoms with Gasteiger partial charge < -0.3 is 9.84 Å². The van der Waals surface area contributed by atoms with E-state index in [-0.39, 0.29) is 37.3 Å². The SMILES string of the molecule is Cn1c(=O)n([C@H]2CCC(=O)N(COCC[Si](C)(C)C)C2=O)c2ccc(C3CC(CO)C3)cc21. The van der Waals surface area contributed by atoms with Crippen LogP contribution in [0, 0.1) is 5.92 Å². The zero-order valence-corrected chi connectivity index (χ0v) is 21.0. The van der Waals surface area contributed by atoms with E-state index >= 15 is 0 Å². The minimum Gasteiger partial charge on any atom is -0.396 e. The summed E-state index contributed by atoms with van der Waals surface area (Å²) in [6, 6.07) is 6.20. The highest BCUT2D eigenvalue weighted by Gasteiger charge is 2.38. The van der Waals surface area contributed by atoms with Crippen molar-refractivity contribution in [1.29, 1.82) is 0 Å². The summed E-state index contributed by atoms with van der Waals surface area (Å²) in [5.41, 5.74) is 2.39. The number of imidazole rings is 1. The van der Waals surface area contributed by atoms with Gasteiger partial charge in [-0.2, -0.15) is 0 Å². The molecular weight excluding hydrogens is 438 g/mol. The summed E-state index contributed by atoms with van der Waals surface area (Å²) < 4.78 is 8.81. The van der Waals surface area contributed by atoms with E-state index in [0.29, 0.717) is 30.4 Å². The zero-order valence-electron chi connectivity index (χ0n) is 20.0. The van der Waals surface area contributed by atoms with Crippen molar-refractivity contribution in [3.8, 4) is 0 Å². The third-order valence-electron chi connectivity index (χ3n) is 7.09. The number of rotatable bonds is 8. The second kappa shape index (κ2) is 9.19. The molecule has 2 aliphatic rings. The van der Waals surface area contributed by atoms with Crippen LogP contribution in [0.15, 0.2) is 23.0 Å². The van der Waals surface area contributed by atoms with E-state index in [9.17, 15) is 19.5 Å². The van der Waals surface area contributed by atoms with Crippen LogP contribution in [0.3, 0.4) is 0 Å². The smallest absolute Gasteiger partial charge is 0.329 e. The Bertz CT molecular complexity index is 1110. The average Bonchev–Trinajstić information content (AvgIpc) is 2.96. The van der Waals surface area contributed by atoms with Gasteiger partial charge in [0, 0.05) is 34.8 Å². The number of hydrogen-bond donors (Lipinski definition) is 1. The lowest BCUT2D eigenvalue weighted by atomic mass is 9.72. The number of fused-ring (bicyclic) bond motifs is 1. The molecule has 9 heteroatoms. The minimum absolute atomic E-state index is 0.0595. The van der Waals surface area contributed by atoms with Crippen LogP contribution >= 0.6 is 0 Å². The van der Waals surface area contributed by atoms with Gasteiger partial charge in [0.1, 0.15) is 12.8 Å². The van der Waals surface area contributed by atoms with Gasteiger partial charge in [-0.3, -0.25) is 23.6 Å². The number of aryl methyl sites for hydroxylation is 1. The Kier molecular flexibility index (Phi) is 6.66. The van der Waals surface area contributed by atoms with E-state index < -0.39 is 14.1 Å². The molecule has 0 radical (unpaired) electrons. The fourth-order valence-electron chi connectivity index (χ4n) is 4.82. The average molecular weight is 474 g/mol. The quantitative estimate of drug-likeness (QED) is 0.361. The van der Waals surface area contributed by atoms with Gasteiger partial charge in [-0.15, -0.1) is 0 Å². The molecule has 33 heavy (non-hydrogen) atoms. The highest BCUT2D eigenvalue weighted by Crippen LogP contribution is 2.42. The molecule has 1 aliphatic heterocycles. The number of benzene rings is 1. The van der Waals surface area contributed by atoms with Crippen LogP contribution in [0.2, 0.25) is 25.7 Å². The van der Waals surface area contributed by atoms with E-state index in [4.69, 9.17) is 4.74 Å². The molecule has 8 nitrogen and oxygen atoms in total. The van der Waals surface area contributed by atoms with Crippen LogP contribution < -0.4 is 5.69 Å². The zero-order chi connectivity index (χ0) is 23.9. The van der Waals surface area contributed by atoms with Crippen molar-refractivity contribution >= 4 is 30.9 Å². The number of carbonyl (C=O) groups excluding carboxylic acids is 2. The number of nitrogens with zero attached hydrogens (tertiary/aromatic N) is 3. The highest BCUT2D eigenvalue weighted by atomic mass is 28.3. The Labute approximate surface area is 195 Å². The maximum absolute atomic E-state index is 13.3. The third kappa shape index (κ3) is 4.72. The maximum Gasteiger partial charge on any atom is 0.329 e. The topological polar surface area (TPSA) is 93.8 Å². The second-order valence-corrected chi connectivity index (χ2v) is 16.4. The van der Waals surface area contributed by atoms with E-state index in [2.05, 4.69) is 19.6 Å². The molecule has 0 bridgehead atoms. The fourth-order valence-corrected chi connectivity index (χ4v) is 5.58. The number of likely N-dealkylation sites (tertiary alicyclic amines) is 1. The monoisotopic (exact) mass is 473 g/mol. The minimum atomic E-state index is -1.27. The molecule has 0 spiro atoms. The van der Waals surface area contributed by atoms with E-state index in [1.807, 2.05) is 18.2 Å². The largest absolute Gasteiger partial charge is 0.396 e. The first-order chi connectivity index (χ1) is 15.6. The van der Waals surface area contributed by atoms with Gasteiger partial charge in [-0.05, 0) is 54.8 Å². The highest BCUT2D eigenvalue weighted by molar-refractivity contribution is 6.76. The van der Waals surface area contributed by atoms with Crippen molar-refractivity contribution in [2.45, 2.75) is 63.3 Å². The predicted octanol–water partition coefficient (Wildman–Crippen LogP) is 2.83. The van der Waals surface area contributed by atoms with Crippen molar-refractivity contribution in [2.75, 3.05) is 19.9 Å². The summed E-state index contributed by atoms with van der Waals surface area (Å²) >= 11 is 0. The van der Waals surface area contributed by atoms with Crippen molar-refractivity contribution in [1.82, 2.24) is 14.0 Å². The normalized spacial score (nSPS) is 23.9. The number of aliphatic hydroxyl groups is 1. The molecule has 1 aromatic carbocycles. The number of aromatic nitrogens is 2. The Morgan fingerprint density at radius 2 is 1.85 bits per heavy atom. The summed E-state index contributed by atoms with van der Waals surface area (Å²) in [4.78, 5) is 40.1. The molecule has 1 saturated heterocycles. The molecule has 2 fully saturated rings. The van der Waals surface area contributed by atoms with Crippen LogP contribution in [-0.4, -0.2) is 59.0 Å². The molecule has 1 aliphatic carbocycles. The Balaban J connectivity index is 1.56. The molecule has 1 aromatic heterocycles. The number of carbonyl (C=O) groups is 2. The van der Waals surface area contributed by atoms with Crippen LogP contribution in [0.5, 0.6) is 0 Å². The summed E-state index contributed by atoms with van der Waals surface area (Å²) in [5, 5.41) is 9.30. The van der Waals surface area contributed by atoms with E-state index in [0.717, 1.165) is 30.0 Å². The van der Waals surface area contributed by atoms with Gasteiger partial charge in [0.15, 0.2) is 0 Å². The molecule has 1 N–H and O–H groups in total. The molecule has 2 heterocycles. The lowest BCUT2D eigenvalue weighted by molar-refractivity contribution is -0.157. The first-order valence-electron chi connectivity index (χ1n) is 11.8. The Morgan fingerprint density at radius 3 is 2.52 bits per heavy atom. The standard InChI is InChI=1S/C24H35N3O5Si/c1-25-21-13-17(18-11-16(12-18)14-28)5-6-19(21)27(24(25)31)20-7-8-22(29)26(23(20)30)15-32-9-10-33(2,3)4/h5-6,13,16,18,20,28H,7-12,14-15H2,1-4H3/t16?,18?,20-/m0/s1. The van der Waals surface area contributed by atoms with Crippen LogP contribution in [0.4, 0.5) is 0 Å². The number of ether oxygens (including phenoxy) is 1. The van der Waals surface area contributed by atoms with Crippen molar-refractivity contribution in [3.63, 3.8) is 0 Å². The van der Waals surface area contributed by atoms with Gasteiger partial charge in [0.2, 0.25) is 5.91 Å². The molecule has 2 amide bonds. The fraction of sp³-hybridized carbons (Fsp3) is 0.625. The second-order valence-electron chi connectivity index (χ2n) is 10.7. The molecular formula is C24H35N3O5Si. The van der Waals surface area contributed by atoms with E-state index in [1.54, 1.807) is 16.2 Å².